The third-order valence-electron chi connectivity index (χ3n) is 6.71. The SMILES string of the molecule is OC1(CN2CCC(COc3noc4cccc(O[C@H]5CCOC5)c34)CC2)CCOCC1. The molecule has 0 bridgehead atoms. The van der Waals surface area contributed by atoms with E-state index in [1.54, 1.807) is 0 Å². The van der Waals surface area contributed by atoms with Crippen molar-refractivity contribution >= 4 is 11.0 Å². The van der Waals surface area contributed by atoms with Crippen molar-refractivity contribution in [2.75, 3.05) is 52.7 Å². The molecule has 31 heavy (non-hydrogen) atoms. The zero-order chi connectivity index (χ0) is 21.1. The summed E-state index contributed by atoms with van der Waals surface area (Å²) in [6, 6.07) is 5.72. The molecule has 1 atom stereocenters. The van der Waals surface area contributed by atoms with Crippen LogP contribution in [0.2, 0.25) is 0 Å². The summed E-state index contributed by atoms with van der Waals surface area (Å²) in [5.74, 6) is 1.70. The highest BCUT2D eigenvalue weighted by Crippen LogP contribution is 2.35. The minimum atomic E-state index is -0.595. The lowest BCUT2D eigenvalue weighted by Crippen LogP contribution is -2.49. The van der Waals surface area contributed by atoms with Gasteiger partial charge in [0.25, 0.3) is 5.88 Å². The summed E-state index contributed by atoms with van der Waals surface area (Å²) in [5.41, 5.74) is 0.0769. The molecule has 0 saturated carbocycles. The number of hydrogen-bond acceptors (Lipinski definition) is 8. The number of likely N-dealkylation sites (tertiary alicyclic amines) is 1. The number of aliphatic hydroxyl groups is 1. The van der Waals surface area contributed by atoms with Crippen molar-refractivity contribution in [3.8, 4) is 11.6 Å². The Morgan fingerprint density at radius 3 is 2.71 bits per heavy atom. The summed E-state index contributed by atoms with van der Waals surface area (Å²) >= 11 is 0. The van der Waals surface area contributed by atoms with Gasteiger partial charge in [-0.1, -0.05) is 6.07 Å². The smallest absolute Gasteiger partial charge is 0.265 e. The van der Waals surface area contributed by atoms with Gasteiger partial charge in [0.1, 0.15) is 17.2 Å². The van der Waals surface area contributed by atoms with E-state index in [0.717, 1.165) is 69.5 Å². The van der Waals surface area contributed by atoms with Crippen LogP contribution >= 0.6 is 0 Å². The topological polar surface area (TPSA) is 86.4 Å². The molecule has 1 aromatic heterocycles. The van der Waals surface area contributed by atoms with Crippen LogP contribution in [0.25, 0.3) is 11.0 Å². The van der Waals surface area contributed by atoms with E-state index in [-0.39, 0.29) is 6.10 Å². The summed E-state index contributed by atoms with van der Waals surface area (Å²) in [7, 11) is 0. The standard InChI is InChI=1S/C23H32N2O6/c26-23(7-12-27-13-8-23)16-25-9-4-17(5-10-25)14-29-22-21-19(30-18-6-11-28-15-18)2-1-3-20(21)31-24-22/h1-3,17-18,26H,4-16H2/t18-/m0/s1. The molecule has 1 aromatic carbocycles. The van der Waals surface area contributed by atoms with Crippen LogP contribution in [0.4, 0.5) is 0 Å². The number of hydrogen-bond donors (Lipinski definition) is 1. The number of fused-ring (bicyclic) bond motifs is 1. The fourth-order valence-corrected chi connectivity index (χ4v) is 4.75. The Labute approximate surface area is 182 Å². The number of ether oxygens (including phenoxy) is 4. The Bertz CT molecular complexity index is 851. The Balaban J connectivity index is 1.15. The van der Waals surface area contributed by atoms with E-state index in [9.17, 15) is 5.11 Å². The number of rotatable bonds is 7. The molecule has 0 amide bonds. The monoisotopic (exact) mass is 432 g/mol. The minimum absolute atomic E-state index is 0.0585. The van der Waals surface area contributed by atoms with Crippen LogP contribution in [0.5, 0.6) is 11.6 Å². The maximum absolute atomic E-state index is 10.8. The highest BCUT2D eigenvalue weighted by Gasteiger charge is 2.33. The predicted molar refractivity (Wildman–Crippen MR) is 114 cm³/mol. The molecule has 8 heteroatoms. The summed E-state index contributed by atoms with van der Waals surface area (Å²) in [5, 5.41) is 15.7. The van der Waals surface area contributed by atoms with E-state index in [1.165, 1.54) is 0 Å². The van der Waals surface area contributed by atoms with Crippen molar-refractivity contribution < 1.29 is 28.6 Å². The van der Waals surface area contributed by atoms with Crippen LogP contribution in [0.3, 0.4) is 0 Å². The number of benzene rings is 1. The van der Waals surface area contributed by atoms with E-state index in [0.29, 0.717) is 43.8 Å². The predicted octanol–water partition coefficient (Wildman–Crippen LogP) is 2.63. The van der Waals surface area contributed by atoms with Gasteiger partial charge < -0.3 is 33.5 Å². The van der Waals surface area contributed by atoms with Crippen molar-refractivity contribution in [2.45, 2.75) is 43.8 Å². The first kappa shape index (κ1) is 21.0. The second kappa shape index (κ2) is 9.32. The Hall–Kier alpha value is -1.87. The van der Waals surface area contributed by atoms with Gasteiger partial charge in [0.05, 0.1) is 25.4 Å². The van der Waals surface area contributed by atoms with Gasteiger partial charge in [0.15, 0.2) is 5.58 Å². The first-order valence-electron chi connectivity index (χ1n) is 11.5. The molecular weight excluding hydrogens is 400 g/mol. The lowest BCUT2D eigenvalue weighted by Gasteiger charge is -2.39. The van der Waals surface area contributed by atoms with Crippen LogP contribution < -0.4 is 9.47 Å². The van der Waals surface area contributed by atoms with Gasteiger partial charge in [-0.05, 0) is 49.1 Å². The summed E-state index contributed by atoms with van der Waals surface area (Å²) < 4.78 is 28.5. The van der Waals surface area contributed by atoms with E-state index in [2.05, 4.69) is 10.1 Å². The molecule has 5 rings (SSSR count). The zero-order valence-electron chi connectivity index (χ0n) is 18.0. The average Bonchev–Trinajstić information content (AvgIpc) is 3.44. The van der Waals surface area contributed by atoms with Gasteiger partial charge in [-0.25, -0.2) is 0 Å². The molecule has 0 unspecified atom stereocenters. The Kier molecular flexibility index (Phi) is 6.31. The molecule has 3 aliphatic heterocycles. The maximum Gasteiger partial charge on any atom is 0.265 e. The van der Waals surface area contributed by atoms with Crippen LogP contribution in [0, 0.1) is 5.92 Å². The second-order valence-corrected chi connectivity index (χ2v) is 9.09. The zero-order valence-corrected chi connectivity index (χ0v) is 18.0. The van der Waals surface area contributed by atoms with Crippen LogP contribution in [0.15, 0.2) is 22.7 Å². The third kappa shape index (κ3) is 4.98. The lowest BCUT2D eigenvalue weighted by molar-refractivity contribution is -0.0834. The number of β-amino-alcohol motifs (C(OH)–C–C–N with tert-alkyl or cyclic N) is 1. The molecule has 170 valence electrons. The van der Waals surface area contributed by atoms with Gasteiger partial charge in [0.2, 0.25) is 0 Å². The summed E-state index contributed by atoms with van der Waals surface area (Å²) in [4.78, 5) is 2.38. The molecule has 1 N–H and O–H groups in total. The molecule has 3 fully saturated rings. The number of piperidine rings is 1. The molecule has 0 spiro atoms. The molecule has 0 radical (unpaired) electrons. The molecule has 8 nitrogen and oxygen atoms in total. The van der Waals surface area contributed by atoms with Crippen molar-refractivity contribution in [3.05, 3.63) is 18.2 Å². The van der Waals surface area contributed by atoms with Crippen molar-refractivity contribution in [2.24, 2.45) is 5.92 Å². The van der Waals surface area contributed by atoms with Gasteiger partial charge in [-0.3, -0.25) is 0 Å². The molecular formula is C23H32N2O6. The largest absolute Gasteiger partial charge is 0.487 e. The first-order chi connectivity index (χ1) is 15.2. The Morgan fingerprint density at radius 2 is 1.94 bits per heavy atom. The fraction of sp³-hybridized carbons (Fsp3) is 0.696. The molecule has 0 aliphatic carbocycles. The van der Waals surface area contributed by atoms with E-state index >= 15 is 0 Å². The van der Waals surface area contributed by atoms with Gasteiger partial charge in [-0.15, -0.1) is 0 Å². The summed E-state index contributed by atoms with van der Waals surface area (Å²) in [6.45, 7) is 5.96. The average molecular weight is 433 g/mol. The van der Waals surface area contributed by atoms with Crippen LogP contribution in [0.1, 0.15) is 32.1 Å². The Morgan fingerprint density at radius 1 is 1.10 bits per heavy atom. The molecule has 3 saturated heterocycles. The van der Waals surface area contributed by atoms with Crippen molar-refractivity contribution in [1.82, 2.24) is 10.1 Å². The molecule has 4 heterocycles. The number of aromatic nitrogens is 1. The molecule has 3 aliphatic rings. The highest BCUT2D eigenvalue weighted by molar-refractivity contribution is 5.88. The van der Waals surface area contributed by atoms with Crippen LogP contribution in [-0.2, 0) is 9.47 Å². The second-order valence-electron chi connectivity index (χ2n) is 9.09. The van der Waals surface area contributed by atoms with E-state index in [4.69, 9.17) is 23.5 Å². The number of nitrogens with zero attached hydrogens (tertiary/aromatic N) is 2. The van der Waals surface area contributed by atoms with Crippen molar-refractivity contribution in [1.29, 1.82) is 0 Å². The molecule has 2 aromatic rings. The van der Waals surface area contributed by atoms with E-state index in [1.807, 2.05) is 18.2 Å². The van der Waals surface area contributed by atoms with Gasteiger partial charge >= 0.3 is 0 Å². The summed E-state index contributed by atoms with van der Waals surface area (Å²) in [6.07, 6.45) is 4.50. The third-order valence-corrected chi connectivity index (χ3v) is 6.71. The quantitative estimate of drug-likeness (QED) is 0.715. The van der Waals surface area contributed by atoms with Gasteiger partial charge in [-0.2, -0.15) is 0 Å². The van der Waals surface area contributed by atoms with E-state index < -0.39 is 5.60 Å². The normalized spacial score (nSPS) is 25.1. The van der Waals surface area contributed by atoms with Gasteiger partial charge in [0, 0.05) is 39.0 Å². The highest BCUT2D eigenvalue weighted by atomic mass is 16.6. The fourth-order valence-electron chi connectivity index (χ4n) is 4.75. The van der Waals surface area contributed by atoms with Crippen molar-refractivity contribution in [3.63, 3.8) is 0 Å². The van der Waals surface area contributed by atoms with Crippen LogP contribution in [-0.4, -0.2) is 79.5 Å². The minimum Gasteiger partial charge on any atom is -0.487 e. The maximum atomic E-state index is 10.8. The first-order valence-corrected chi connectivity index (χ1v) is 11.5. The lowest BCUT2D eigenvalue weighted by atomic mass is 9.91.